The first-order chi connectivity index (χ1) is 13.3. The van der Waals surface area contributed by atoms with Crippen LogP contribution in [-0.4, -0.2) is 15.9 Å². The molecule has 28 heavy (non-hydrogen) atoms. The minimum Gasteiger partial charge on any atom is -0.393 e. The Balaban J connectivity index is 1.74. The van der Waals surface area contributed by atoms with E-state index >= 15 is 0 Å². The van der Waals surface area contributed by atoms with Crippen molar-refractivity contribution in [3.63, 3.8) is 0 Å². The number of carbonyl (C=O) groups excluding carboxylic acids is 1. The lowest BCUT2D eigenvalue weighted by Gasteiger charge is -2.14. The summed E-state index contributed by atoms with van der Waals surface area (Å²) in [6, 6.07) is 9.44. The predicted molar refractivity (Wildman–Crippen MR) is 114 cm³/mol. The molecule has 0 bridgehead atoms. The van der Waals surface area contributed by atoms with Crippen LogP contribution in [0, 0.1) is 0 Å². The lowest BCUT2D eigenvalue weighted by molar-refractivity contribution is 0.0962. The maximum atomic E-state index is 12.3. The number of hydrogen-bond acceptors (Lipinski definition) is 6. The molecule has 0 unspecified atom stereocenters. The summed E-state index contributed by atoms with van der Waals surface area (Å²) >= 11 is 23.8. The average Bonchev–Trinajstić information content (AvgIpc) is 2.61. The van der Waals surface area contributed by atoms with Crippen LogP contribution in [0.2, 0.25) is 20.1 Å². The molecule has 0 fully saturated rings. The molecule has 144 valence electrons. The van der Waals surface area contributed by atoms with E-state index in [1.165, 1.54) is 18.5 Å². The summed E-state index contributed by atoms with van der Waals surface area (Å²) in [7, 11) is 0. The first-order valence-corrected chi connectivity index (χ1v) is 9.19. The number of carbonyl (C=O) groups is 1. The third-order valence-corrected chi connectivity index (χ3v) is 4.46. The number of amides is 1. The number of nitrogens with one attached hydrogen (secondary N) is 3. The normalized spacial score (nSPS) is 10.4. The van der Waals surface area contributed by atoms with Crippen LogP contribution in [0.5, 0.6) is 0 Å². The summed E-state index contributed by atoms with van der Waals surface area (Å²) in [4.78, 5) is 20.4. The molecule has 0 saturated heterocycles. The van der Waals surface area contributed by atoms with Gasteiger partial charge in [-0.25, -0.2) is 9.97 Å². The molecule has 3 rings (SSSR count). The second kappa shape index (κ2) is 8.70. The van der Waals surface area contributed by atoms with Gasteiger partial charge in [0.1, 0.15) is 12.0 Å². The summed E-state index contributed by atoms with van der Waals surface area (Å²) in [5.41, 5.74) is 12.2. The molecule has 0 radical (unpaired) electrons. The molecule has 3 aromatic rings. The van der Waals surface area contributed by atoms with Crippen LogP contribution in [0.4, 0.5) is 23.0 Å². The van der Waals surface area contributed by atoms with Crippen molar-refractivity contribution in [2.75, 3.05) is 16.5 Å². The highest BCUT2D eigenvalue weighted by molar-refractivity contribution is 6.37. The van der Waals surface area contributed by atoms with Gasteiger partial charge in [0.05, 0.1) is 10.6 Å². The fourth-order valence-electron chi connectivity index (χ4n) is 2.21. The number of nitrogens with two attached hydrogens (primary N) is 1. The van der Waals surface area contributed by atoms with E-state index in [1.54, 1.807) is 24.3 Å². The monoisotopic (exact) mass is 456 g/mol. The Hall–Kier alpha value is -2.45. The first kappa shape index (κ1) is 20.3. The van der Waals surface area contributed by atoms with Crippen LogP contribution in [0.25, 0.3) is 0 Å². The molecular weight excluding hydrogens is 446 g/mol. The van der Waals surface area contributed by atoms with Crippen LogP contribution in [0.1, 0.15) is 10.4 Å². The van der Waals surface area contributed by atoms with Gasteiger partial charge in [-0.1, -0.05) is 46.4 Å². The van der Waals surface area contributed by atoms with Gasteiger partial charge in [-0.05, 0) is 36.4 Å². The zero-order valence-corrected chi connectivity index (χ0v) is 17.0. The fraction of sp³-hybridized carbons (Fsp3) is 0. The summed E-state index contributed by atoms with van der Waals surface area (Å²) < 4.78 is 0. The predicted octanol–water partition coefficient (Wildman–Crippen LogP) is 5.17. The first-order valence-electron chi connectivity index (χ1n) is 7.68. The number of halogens is 4. The van der Waals surface area contributed by atoms with Crippen LogP contribution < -0.4 is 21.9 Å². The molecule has 0 aliphatic carbocycles. The zero-order valence-electron chi connectivity index (χ0n) is 13.9. The molecule has 1 amide bonds. The summed E-state index contributed by atoms with van der Waals surface area (Å²) in [6.45, 7) is 0. The Labute approximate surface area is 180 Å². The topological polar surface area (TPSA) is 105 Å². The molecule has 2 aromatic carbocycles. The van der Waals surface area contributed by atoms with Gasteiger partial charge >= 0.3 is 0 Å². The van der Waals surface area contributed by atoms with E-state index in [1.807, 2.05) is 0 Å². The van der Waals surface area contributed by atoms with Gasteiger partial charge in [0.25, 0.3) is 5.91 Å². The largest absolute Gasteiger partial charge is 0.393 e. The van der Waals surface area contributed by atoms with Crippen LogP contribution >= 0.6 is 46.4 Å². The molecule has 0 aliphatic rings. The molecule has 0 saturated carbocycles. The Bertz CT molecular complexity index is 1030. The second-order valence-corrected chi connectivity index (χ2v) is 7.19. The molecule has 0 aliphatic heterocycles. The Morgan fingerprint density at radius 3 is 2.25 bits per heavy atom. The molecule has 5 N–H and O–H groups in total. The highest BCUT2D eigenvalue weighted by Gasteiger charge is 2.13. The number of aromatic nitrogens is 2. The third kappa shape index (κ3) is 4.88. The van der Waals surface area contributed by atoms with Crippen LogP contribution in [0.3, 0.4) is 0 Å². The molecule has 1 aromatic heterocycles. The maximum Gasteiger partial charge on any atom is 0.271 e. The van der Waals surface area contributed by atoms with Crippen molar-refractivity contribution in [3.05, 3.63) is 68.4 Å². The van der Waals surface area contributed by atoms with Gasteiger partial charge in [-0.2, -0.15) is 0 Å². The highest BCUT2D eigenvalue weighted by Crippen LogP contribution is 2.29. The van der Waals surface area contributed by atoms with Crippen molar-refractivity contribution in [3.8, 4) is 0 Å². The summed E-state index contributed by atoms with van der Waals surface area (Å²) in [5, 5.41) is 4.53. The highest BCUT2D eigenvalue weighted by atomic mass is 35.5. The SMILES string of the molecule is Nc1c(NNC(=O)c2ccc(Cl)cc2Cl)ncnc1Nc1cc(Cl)cc(Cl)c1. The number of nitrogen functional groups attached to an aromatic ring is 1. The standard InChI is InChI=1S/C17H12Cl4N6O/c18-8-1-2-12(13(21)6-8)17(28)27-26-16-14(22)15(23-7-24-16)25-11-4-9(19)3-10(20)5-11/h1-7H,22H2,(H,27,28)(H2,23,24,25,26). The number of benzene rings is 2. The smallest absolute Gasteiger partial charge is 0.271 e. The molecule has 11 heteroatoms. The third-order valence-electron chi connectivity index (χ3n) is 3.48. The van der Waals surface area contributed by atoms with E-state index in [2.05, 4.69) is 26.1 Å². The van der Waals surface area contributed by atoms with Gasteiger partial charge in [-0.15, -0.1) is 0 Å². The van der Waals surface area contributed by atoms with Crippen molar-refractivity contribution in [2.45, 2.75) is 0 Å². The molecular formula is C17H12Cl4N6O. The van der Waals surface area contributed by atoms with E-state index in [9.17, 15) is 4.79 Å². The van der Waals surface area contributed by atoms with Gasteiger partial charge in [-0.3, -0.25) is 15.6 Å². The number of hydrogen-bond donors (Lipinski definition) is 4. The molecule has 0 atom stereocenters. The Morgan fingerprint density at radius 2 is 1.57 bits per heavy atom. The van der Waals surface area contributed by atoms with Crippen molar-refractivity contribution in [1.29, 1.82) is 0 Å². The van der Waals surface area contributed by atoms with Crippen molar-refractivity contribution >= 4 is 75.3 Å². The van der Waals surface area contributed by atoms with Crippen molar-refractivity contribution in [2.24, 2.45) is 0 Å². The summed E-state index contributed by atoms with van der Waals surface area (Å²) in [6.07, 6.45) is 1.27. The van der Waals surface area contributed by atoms with E-state index in [4.69, 9.17) is 52.1 Å². The minimum absolute atomic E-state index is 0.168. The minimum atomic E-state index is -0.490. The number of nitrogens with zero attached hydrogens (tertiary/aromatic N) is 2. The van der Waals surface area contributed by atoms with Gasteiger partial charge in [0.2, 0.25) is 0 Å². The summed E-state index contributed by atoms with van der Waals surface area (Å²) in [5.74, 6) is -0.00511. The van der Waals surface area contributed by atoms with Crippen LogP contribution in [0.15, 0.2) is 42.7 Å². The van der Waals surface area contributed by atoms with E-state index in [-0.39, 0.29) is 22.1 Å². The fourth-order valence-corrected chi connectivity index (χ4v) is 3.23. The number of rotatable bonds is 5. The molecule has 1 heterocycles. The van der Waals surface area contributed by atoms with Gasteiger partial charge < -0.3 is 11.1 Å². The average molecular weight is 458 g/mol. The Kier molecular flexibility index (Phi) is 6.31. The van der Waals surface area contributed by atoms with Crippen molar-refractivity contribution < 1.29 is 4.79 Å². The Morgan fingerprint density at radius 1 is 0.893 bits per heavy atom. The number of anilines is 4. The van der Waals surface area contributed by atoms with Gasteiger partial charge in [0, 0.05) is 20.8 Å². The van der Waals surface area contributed by atoms with Gasteiger partial charge in [0.15, 0.2) is 11.6 Å². The van der Waals surface area contributed by atoms with Crippen molar-refractivity contribution in [1.82, 2.24) is 15.4 Å². The lowest BCUT2D eigenvalue weighted by atomic mass is 10.2. The maximum absolute atomic E-state index is 12.3. The van der Waals surface area contributed by atoms with E-state index in [0.717, 1.165) is 0 Å². The number of hydrazine groups is 1. The van der Waals surface area contributed by atoms with E-state index < -0.39 is 5.91 Å². The van der Waals surface area contributed by atoms with Crippen LogP contribution in [-0.2, 0) is 0 Å². The molecule has 7 nitrogen and oxygen atoms in total. The zero-order chi connectivity index (χ0) is 20.3. The lowest BCUT2D eigenvalue weighted by Crippen LogP contribution is -2.30. The quantitative estimate of drug-likeness (QED) is 0.394. The second-order valence-electron chi connectivity index (χ2n) is 5.47. The van der Waals surface area contributed by atoms with E-state index in [0.29, 0.717) is 26.6 Å². The molecule has 0 spiro atoms.